The third kappa shape index (κ3) is 2.73. The molecule has 20 heavy (non-hydrogen) atoms. The Labute approximate surface area is 117 Å². The summed E-state index contributed by atoms with van der Waals surface area (Å²) in [5, 5.41) is 9.39. The molecule has 0 aliphatic carbocycles. The Kier molecular flexibility index (Phi) is 4.52. The molecule has 2 unspecified atom stereocenters. The molecule has 6 heteroatoms. The average Bonchev–Trinajstić information content (AvgIpc) is 2.47. The lowest BCUT2D eigenvalue weighted by atomic mass is 9.89. The van der Waals surface area contributed by atoms with Gasteiger partial charge in [0.1, 0.15) is 12.4 Å². The Bertz CT molecular complexity index is 495. The summed E-state index contributed by atoms with van der Waals surface area (Å²) in [7, 11) is 0. The fourth-order valence-corrected chi connectivity index (χ4v) is 2.74. The fourth-order valence-electron chi connectivity index (χ4n) is 2.74. The highest BCUT2D eigenvalue weighted by atomic mass is 19.1. The number of hydrogen-bond acceptors (Lipinski definition) is 4. The van der Waals surface area contributed by atoms with Gasteiger partial charge in [0.15, 0.2) is 11.6 Å². The van der Waals surface area contributed by atoms with Crippen LogP contribution in [0.1, 0.15) is 38.8 Å². The third-order valence-electron chi connectivity index (χ3n) is 4.02. The zero-order valence-electron chi connectivity index (χ0n) is 11.8. The van der Waals surface area contributed by atoms with Crippen LogP contribution in [0.4, 0.5) is 10.2 Å². The summed E-state index contributed by atoms with van der Waals surface area (Å²) >= 11 is 0. The lowest BCUT2D eigenvalue weighted by Crippen LogP contribution is -2.48. The molecular weight excluding hydrogens is 261 g/mol. The number of rotatable bonds is 4. The third-order valence-corrected chi connectivity index (χ3v) is 4.02. The van der Waals surface area contributed by atoms with E-state index < -0.39 is 17.8 Å². The first kappa shape index (κ1) is 14.7. The lowest BCUT2D eigenvalue weighted by molar-refractivity contribution is -0.139. The molecule has 0 spiro atoms. The fraction of sp³-hybridized carbons (Fsp3) is 0.643. The molecule has 0 radical (unpaired) electrons. The molecule has 1 aliphatic heterocycles. The molecule has 1 saturated heterocycles. The molecule has 2 heterocycles. The van der Waals surface area contributed by atoms with Crippen LogP contribution in [0.3, 0.4) is 0 Å². The van der Waals surface area contributed by atoms with Gasteiger partial charge < -0.3 is 10.0 Å². The van der Waals surface area contributed by atoms with Gasteiger partial charge in [-0.15, -0.1) is 0 Å². The summed E-state index contributed by atoms with van der Waals surface area (Å²) in [5.41, 5.74) is 0.330. The van der Waals surface area contributed by atoms with E-state index in [4.69, 9.17) is 0 Å². The van der Waals surface area contributed by atoms with Crippen LogP contribution >= 0.6 is 0 Å². The number of hydrogen-bond donors (Lipinski definition) is 1. The van der Waals surface area contributed by atoms with E-state index in [1.165, 1.54) is 6.33 Å². The molecule has 0 bridgehead atoms. The van der Waals surface area contributed by atoms with Crippen LogP contribution in [0, 0.1) is 11.7 Å². The lowest BCUT2D eigenvalue weighted by Gasteiger charge is -2.37. The maximum Gasteiger partial charge on any atom is 0.326 e. The Morgan fingerprint density at radius 2 is 2.25 bits per heavy atom. The quantitative estimate of drug-likeness (QED) is 0.917. The van der Waals surface area contributed by atoms with Gasteiger partial charge in [0, 0.05) is 6.54 Å². The molecule has 0 amide bonds. The predicted octanol–water partition coefficient (Wildman–Crippen LogP) is 2.26. The molecule has 1 aromatic heterocycles. The number of halogens is 1. The van der Waals surface area contributed by atoms with Gasteiger partial charge in [-0.1, -0.05) is 20.3 Å². The molecule has 5 nitrogen and oxygen atoms in total. The molecule has 1 aliphatic rings. The number of aryl methyl sites for hydroxylation is 1. The first-order chi connectivity index (χ1) is 9.58. The minimum absolute atomic E-state index is 0.124. The van der Waals surface area contributed by atoms with Crippen LogP contribution in [0.25, 0.3) is 0 Å². The zero-order valence-corrected chi connectivity index (χ0v) is 11.8. The van der Waals surface area contributed by atoms with E-state index in [2.05, 4.69) is 16.9 Å². The SMILES string of the molecule is CCc1ncnc(N2CCC(CC)CC2C(=O)O)c1F. The molecule has 1 fully saturated rings. The van der Waals surface area contributed by atoms with Gasteiger partial charge in [-0.3, -0.25) is 0 Å². The van der Waals surface area contributed by atoms with Crippen molar-refractivity contribution in [3.63, 3.8) is 0 Å². The topological polar surface area (TPSA) is 66.3 Å². The standard InChI is InChI=1S/C14H20FN3O2/c1-3-9-5-6-18(11(7-9)14(19)20)13-12(15)10(4-2)16-8-17-13/h8-9,11H,3-7H2,1-2H3,(H,19,20). The molecule has 0 saturated carbocycles. The second-order valence-electron chi connectivity index (χ2n) is 5.16. The summed E-state index contributed by atoms with van der Waals surface area (Å²) in [6.07, 6.45) is 4.12. The molecular formula is C14H20FN3O2. The summed E-state index contributed by atoms with van der Waals surface area (Å²) < 4.78 is 14.3. The van der Waals surface area contributed by atoms with E-state index in [9.17, 15) is 14.3 Å². The highest BCUT2D eigenvalue weighted by molar-refractivity contribution is 5.78. The van der Waals surface area contributed by atoms with Gasteiger partial charge in [-0.25, -0.2) is 19.2 Å². The number of piperidine rings is 1. The Balaban J connectivity index is 2.33. The molecule has 2 atom stereocenters. The predicted molar refractivity (Wildman–Crippen MR) is 73.2 cm³/mol. The monoisotopic (exact) mass is 281 g/mol. The summed E-state index contributed by atoms with van der Waals surface area (Å²) in [6, 6.07) is -0.706. The van der Waals surface area contributed by atoms with E-state index in [0.29, 0.717) is 31.0 Å². The van der Waals surface area contributed by atoms with Gasteiger partial charge in [0.2, 0.25) is 0 Å². The molecule has 1 aromatic rings. The largest absolute Gasteiger partial charge is 0.480 e. The van der Waals surface area contributed by atoms with Gasteiger partial charge in [0.25, 0.3) is 0 Å². The van der Waals surface area contributed by atoms with E-state index in [1.807, 2.05) is 6.92 Å². The maximum absolute atomic E-state index is 14.3. The van der Waals surface area contributed by atoms with Crippen molar-refractivity contribution in [2.75, 3.05) is 11.4 Å². The van der Waals surface area contributed by atoms with Crippen LogP contribution in [0.15, 0.2) is 6.33 Å². The summed E-state index contributed by atoms with van der Waals surface area (Å²) in [5.74, 6) is -0.905. The number of carbonyl (C=O) groups is 1. The van der Waals surface area contributed by atoms with Crippen LogP contribution in [-0.2, 0) is 11.2 Å². The van der Waals surface area contributed by atoms with Crippen LogP contribution in [-0.4, -0.2) is 33.6 Å². The molecule has 0 aromatic carbocycles. The highest BCUT2D eigenvalue weighted by Crippen LogP contribution is 2.30. The highest BCUT2D eigenvalue weighted by Gasteiger charge is 2.35. The normalized spacial score (nSPS) is 22.9. The van der Waals surface area contributed by atoms with Crippen LogP contribution < -0.4 is 4.90 Å². The van der Waals surface area contributed by atoms with Crippen molar-refractivity contribution >= 4 is 11.8 Å². The Hall–Kier alpha value is -1.72. The zero-order chi connectivity index (χ0) is 14.7. The second kappa shape index (κ2) is 6.15. The van der Waals surface area contributed by atoms with Gasteiger partial charge in [0.05, 0.1) is 5.69 Å². The van der Waals surface area contributed by atoms with Crippen molar-refractivity contribution in [2.45, 2.75) is 45.6 Å². The van der Waals surface area contributed by atoms with E-state index in [1.54, 1.807) is 4.90 Å². The van der Waals surface area contributed by atoms with Crippen molar-refractivity contribution in [1.29, 1.82) is 0 Å². The van der Waals surface area contributed by atoms with Gasteiger partial charge in [-0.05, 0) is 25.2 Å². The van der Waals surface area contributed by atoms with Crippen molar-refractivity contribution in [3.05, 3.63) is 17.8 Å². The van der Waals surface area contributed by atoms with Crippen molar-refractivity contribution in [2.24, 2.45) is 5.92 Å². The molecule has 110 valence electrons. The van der Waals surface area contributed by atoms with Crippen molar-refractivity contribution in [1.82, 2.24) is 9.97 Å². The van der Waals surface area contributed by atoms with Crippen LogP contribution in [0.2, 0.25) is 0 Å². The van der Waals surface area contributed by atoms with Crippen molar-refractivity contribution in [3.8, 4) is 0 Å². The van der Waals surface area contributed by atoms with E-state index in [0.717, 1.165) is 12.8 Å². The number of carboxylic acids is 1. The van der Waals surface area contributed by atoms with Crippen molar-refractivity contribution < 1.29 is 14.3 Å². The average molecular weight is 281 g/mol. The second-order valence-corrected chi connectivity index (χ2v) is 5.16. The minimum Gasteiger partial charge on any atom is -0.480 e. The van der Waals surface area contributed by atoms with Crippen LogP contribution in [0.5, 0.6) is 0 Å². The number of nitrogens with zero attached hydrogens (tertiary/aromatic N) is 3. The van der Waals surface area contributed by atoms with E-state index >= 15 is 0 Å². The minimum atomic E-state index is -0.917. The van der Waals surface area contributed by atoms with Gasteiger partial charge in [-0.2, -0.15) is 0 Å². The number of carboxylic acid groups (broad SMARTS) is 1. The Morgan fingerprint density at radius 3 is 2.85 bits per heavy atom. The first-order valence-electron chi connectivity index (χ1n) is 7.07. The number of anilines is 1. The Morgan fingerprint density at radius 1 is 1.50 bits per heavy atom. The molecule has 1 N–H and O–H groups in total. The molecule has 2 rings (SSSR count). The van der Waals surface area contributed by atoms with Gasteiger partial charge >= 0.3 is 5.97 Å². The summed E-state index contributed by atoms with van der Waals surface area (Å²) in [4.78, 5) is 20.9. The first-order valence-corrected chi connectivity index (χ1v) is 7.07. The maximum atomic E-state index is 14.3. The summed E-state index contributed by atoms with van der Waals surface area (Å²) in [6.45, 7) is 4.39. The number of aromatic nitrogens is 2. The van der Waals surface area contributed by atoms with E-state index in [-0.39, 0.29) is 5.82 Å². The number of aliphatic carboxylic acids is 1. The smallest absolute Gasteiger partial charge is 0.326 e.